The smallest absolute Gasteiger partial charge is 0.0181 e. The van der Waals surface area contributed by atoms with Gasteiger partial charge in [0.25, 0.3) is 0 Å². The third-order valence-corrected chi connectivity index (χ3v) is 4.38. The molecule has 18 heavy (non-hydrogen) atoms. The number of benzene rings is 1. The van der Waals surface area contributed by atoms with Gasteiger partial charge in [-0.3, -0.25) is 0 Å². The van der Waals surface area contributed by atoms with E-state index in [1.807, 2.05) is 0 Å². The SMILES string of the molecule is Cc1ccc(C)c(CCC2(N)CCN(C)CC2)c1. The number of likely N-dealkylation sites (tertiary alicyclic amines) is 1. The fourth-order valence-electron chi connectivity index (χ4n) is 2.77. The molecular weight excluding hydrogens is 220 g/mol. The summed E-state index contributed by atoms with van der Waals surface area (Å²) >= 11 is 0. The molecule has 2 nitrogen and oxygen atoms in total. The fourth-order valence-corrected chi connectivity index (χ4v) is 2.77. The Balaban J connectivity index is 1.96. The molecule has 1 aliphatic heterocycles. The van der Waals surface area contributed by atoms with Crippen LogP contribution in [0.2, 0.25) is 0 Å². The maximum atomic E-state index is 6.53. The Morgan fingerprint density at radius 2 is 1.89 bits per heavy atom. The minimum atomic E-state index is 0.0582. The van der Waals surface area contributed by atoms with Crippen LogP contribution in [0.15, 0.2) is 18.2 Å². The summed E-state index contributed by atoms with van der Waals surface area (Å²) in [5.74, 6) is 0. The van der Waals surface area contributed by atoms with Crippen LogP contribution in [-0.4, -0.2) is 30.6 Å². The van der Waals surface area contributed by atoms with E-state index < -0.39 is 0 Å². The van der Waals surface area contributed by atoms with Crippen molar-refractivity contribution in [2.24, 2.45) is 5.73 Å². The molecular formula is C16H26N2. The molecule has 0 bridgehead atoms. The number of nitrogens with zero attached hydrogens (tertiary/aromatic N) is 1. The highest BCUT2D eigenvalue weighted by Gasteiger charge is 2.28. The van der Waals surface area contributed by atoms with Crippen LogP contribution in [0.1, 0.15) is 36.0 Å². The van der Waals surface area contributed by atoms with Crippen LogP contribution in [0.5, 0.6) is 0 Å². The molecule has 100 valence electrons. The Bertz CT molecular complexity index is 404. The van der Waals surface area contributed by atoms with Gasteiger partial charge in [-0.2, -0.15) is 0 Å². The lowest BCUT2D eigenvalue weighted by Crippen LogP contribution is -2.49. The molecule has 0 unspecified atom stereocenters. The third-order valence-electron chi connectivity index (χ3n) is 4.38. The summed E-state index contributed by atoms with van der Waals surface area (Å²) in [5.41, 5.74) is 10.8. The first-order chi connectivity index (χ1) is 8.48. The van der Waals surface area contributed by atoms with Crippen molar-refractivity contribution in [1.82, 2.24) is 4.90 Å². The first-order valence-electron chi connectivity index (χ1n) is 7.02. The Labute approximate surface area is 111 Å². The minimum Gasteiger partial charge on any atom is -0.325 e. The summed E-state index contributed by atoms with van der Waals surface area (Å²) in [6.07, 6.45) is 4.50. The molecule has 0 spiro atoms. The Morgan fingerprint density at radius 1 is 1.22 bits per heavy atom. The number of nitrogens with two attached hydrogens (primary N) is 1. The monoisotopic (exact) mass is 246 g/mol. The van der Waals surface area contributed by atoms with Crippen molar-refractivity contribution < 1.29 is 0 Å². The quantitative estimate of drug-likeness (QED) is 0.888. The maximum absolute atomic E-state index is 6.53. The highest BCUT2D eigenvalue weighted by atomic mass is 15.1. The molecule has 0 atom stereocenters. The summed E-state index contributed by atoms with van der Waals surface area (Å²) in [6, 6.07) is 6.72. The molecule has 1 aliphatic rings. The van der Waals surface area contributed by atoms with Crippen LogP contribution in [-0.2, 0) is 6.42 Å². The summed E-state index contributed by atoms with van der Waals surface area (Å²) in [4.78, 5) is 2.38. The van der Waals surface area contributed by atoms with Crippen LogP contribution in [0.25, 0.3) is 0 Å². The molecule has 1 saturated heterocycles. The zero-order valence-corrected chi connectivity index (χ0v) is 12.0. The molecule has 1 fully saturated rings. The predicted molar refractivity (Wildman–Crippen MR) is 77.9 cm³/mol. The minimum absolute atomic E-state index is 0.0582. The lowest BCUT2D eigenvalue weighted by Gasteiger charge is -2.38. The van der Waals surface area contributed by atoms with Crippen molar-refractivity contribution in [3.05, 3.63) is 34.9 Å². The third kappa shape index (κ3) is 3.33. The van der Waals surface area contributed by atoms with E-state index in [4.69, 9.17) is 5.73 Å². The van der Waals surface area contributed by atoms with E-state index in [1.54, 1.807) is 0 Å². The molecule has 2 rings (SSSR count). The number of aryl methyl sites for hydroxylation is 3. The molecule has 0 amide bonds. The topological polar surface area (TPSA) is 29.3 Å². The second kappa shape index (κ2) is 5.41. The number of rotatable bonds is 3. The van der Waals surface area contributed by atoms with Gasteiger partial charge < -0.3 is 10.6 Å². The molecule has 1 aromatic rings. The highest BCUT2D eigenvalue weighted by Crippen LogP contribution is 2.25. The van der Waals surface area contributed by atoms with Crippen LogP contribution in [0, 0.1) is 13.8 Å². The van der Waals surface area contributed by atoms with E-state index in [0.29, 0.717) is 0 Å². The van der Waals surface area contributed by atoms with Gasteiger partial charge in [-0.15, -0.1) is 0 Å². The van der Waals surface area contributed by atoms with Crippen molar-refractivity contribution in [2.45, 2.75) is 45.1 Å². The van der Waals surface area contributed by atoms with Crippen LogP contribution in [0.3, 0.4) is 0 Å². The zero-order valence-electron chi connectivity index (χ0n) is 12.0. The van der Waals surface area contributed by atoms with Gasteiger partial charge in [0, 0.05) is 5.54 Å². The molecule has 2 heteroatoms. The Kier molecular flexibility index (Phi) is 4.08. The highest BCUT2D eigenvalue weighted by molar-refractivity contribution is 5.30. The van der Waals surface area contributed by atoms with Crippen LogP contribution < -0.4 is 5.73 Å². The van der Waals surface area contributed by atoms with E-state index in [9.17, 15) is 0 Å². The summed E-state index contributed by atoms with van der Waals surface area (Å²) in [5, 5.41) is 0. The molecule has 1 aromatic carbocycles. The zero-order chi connectivity index (χ0) is 13.2. The molecule has 0 aromatic heterocycles. The van der Waals surface area contributed by atoms with Crippen molar-refractivity contribution >= 4 is 0 Å². The predicted octanol–water partition coefficient (Wildman–Crippen LogP) is 2.66. The van der Waals surface area contributed by atoms with Gasteiger partial charge >= 0.3 is 0 Å². The second-order valence-corrected chi connectivity index (χ2v) is 6.10. The van der Waals surface area contributed by atoms with Gasteiger partial charge in [-0.1, -0.05) is 23.8 Å². The second-order valence-electron chi connectivity index (χ2n) is 6.10. The van der Waals surface area contributed by atoms with Crippen LogP contribution in [0.4, 0.5) is 0 Å². The van der Waals surface area contributed by atoms with E-state index in [-0.39, 0.29) is 5.54 Å². The van der Waals surface area contributed by atoms with E-state index in [2.05, 4.69) is 44.0 Å². The van der Waals surface area contributed by atoms with E-state index in [0.717, 1.165) is 38.8 Å². The lowest BCUT2D eigenvalue weighted by molar-refractivity contribution is 0.182. The summed E-state index contributed by atoms with van der Waals surface area (Å²) in [7, 11) is 2.18. The van der Waals surface area contributed by atoms with Crippen LogP contribution >= 0.6 is 0 Å². The van der Waals surface area contributed by atoms with E-state index >= 15 is 0 Å². The van der Waals surface area contributed by atoms with E-state index in [1.165, 1.54) is 16.7 Å². The number of piperidine rings is 1. The largest absolute Gasteiger partial charge is 0.325 e. The average molecular weight is 246 g/mol. The standard InChI is InChI=1S/C16H26N2/c1-13-4-5-14(2)15(12-13)6-7-16(17)8-10-18(3)11-9-16/h4-5,12H,6-11,17H2,1-3H3. The van der Waals surface area contributed by atoms with Gasteiger partial charge in [0.2, 0.25) is 0 Å². The lowest BCUT2D eigenvalue weighted by atomic mass is 9.83. The fraction of sp³-hybridized carbons (Fsp3) is 0.625. The van der Waals surface area contributed by atoms with Gasteiger partial charge in [-0.25, -0.2) is 0 Å². The molecule has 0 saturated carbocycles. The Morgan fingerprint density at radius 3 is 2.56 bits per heavy atom. The molecule has 1 heterocycles. The maximum Gasteiger partial charge on any atom is 0.0181 e. The van der Waals surface area contributed by atoms with Gasteiger partial charge in [0.15, 0.2) is 0 Å². The van der Waals surface area contributed by atoms with Crippen molar-refractivity contribution in [3.8, 4) is 0 Å². The first-order valence-corrected chi connectivity index (χ1v) is 7.02. The average Bonchev–Trinajstić information content (AvgIpc) is 2.35. The normalized spacial score (nSPS) is 20.0. The molecule has 2 N–H and O–H groups in total. The number of hydrogen-bond donors (Lipinski definition) is 1. The van der Waals surface area contributed by atoms with Gasteiger partial charge in [0.05, 0.1) is 0 Å². The van der Waals surface area contributed by atoms with Gasteiger partial charge in [0.1, 0.15) is 0 Å². The van der Waals surface area contributed by atoms with Crippen molar-refractivity contribution in [3.63, 3.8) is 0 Å². The van der Waals surface area contributed by atoms with Crippen molar-refractivity contribution in [1.29, 1.82) is 0 Å². The van der Waals surface area contributed by atoms with Gasteiger partial charge in [-0.05, 0) is 70.8 Å². The summed E-state index contributed by atoms with van der Waals surface area (Å²) in [6.45, 7) is 6.65. The number of hydrogen-bond acceptors (Lipinski definition) is 2. The summed E-state index contributed by atoms with van der Waals surface area (Å²) < 4.78 is 0. The molecule has 0 aliphatic carbocycles. The van der Waals surface area contributed by atoms with Crippen molar-refractivity contribution in [2.75, 3.05) is 20.1 Å². The molecule has 0 radical (unpaired) electrons. The Hall–Kier alpha value is -0.860. The first kappa shape index (κ1) is 13.6.